The van der Waals surface area contributed by atoms with Crippen LogP contribution in [0, 0.1) is 0 Å². The molecule has 31 heavy (non-hydrogen) atoms. The fraction of sp³-hybridized carbons (Fsp3) is 0.143. The Morgan fingerprint density at radius 1 is 1.13 bits per heavy atom. The van der Waals surface area contributed by atoms with Gasteiger partial charge in [0.25, 0.3) is 5.56 Å². The number of halogens is 1. The van der Waals surface area contributed by atoms with Gasteiger partial charge < -0.3 is 10.6 Å². The smallest absolute Gasteiger partial charge is 0.284 e. The third-order valence-electron chi connectivity index (χ3n) is 5.65. The Morgan fingerprint density at radius 3 is 2.74 bits per heavy atom. The second-order valence-corrected chi connectivity index (χ2v) is 7.84. The number of hydrogen-bond acceptors (Lipinski definition) is 6. The van der Waals surface area contributed by atoms with Gasteiger partial charge >= 0.3 is 0 Å². The Morgan fingerprint density at radius 2 is 1.97 bits per heavy atom. The highest BCUT2D eigenvalue weighted by Crippen LogP contribution is 2.37. The zero-order valence-electron chi connectivity index (χ0n) is 16.3. The minimum Gasteiger partial charge on any atom is -0.384 e. The lowest BCUT2D eigenvalue weighted by molar-refractivity contribution is 0.420. The maximum atomic E-state index is 13.5. The molecule has 5 heterocycles. The summed E-state index contributed by atoms with van der Waals surface area (Å²) in [7, 11) is 0. The van der Waals surface area contributed by atoms with Gasteiger partial charge in [0, 0.05) is 24.9 Å². The zero-order chi connectivity index (χ0) is 21.1. The number of benzene rings is 1. The van der Waals surface area contributed by atoms with Crippen molar-refractivity contribution >= 4 is 34.4 Å². The molecule has 5 aromatic rings. The predicted molar refractivity (Wildman–Crippen MR) is 118 cm³/mol. The summed E-state index contributed by atoms with van der Waals surface area (Å²) in [6.07, 6.45) is 4.22. The molecule has 0 saturated carbocycles. The first-order chi connectivity index (χ1) is 15.1. The summed E-state index contributed by atoms with van der Waals surface area (Å²) >= 11 is 6.29. The molecule has 0 radical (unpaired) electrons. The SMILES string of the molecule is Nc1cc(N2CCC2c2nn3ccc(Cl)c3c(=O)n2-c2ccccc2)n2nccc2n1. The van der Waals surface area contributed by atoms with Crippen LogP contribution in [0.15, 0.2) is 65.7 Å². The molecule has 0 bridgehead atoms. The maximum Gasteiger partial charge on any atom is 0.284 e. The van der Waals surface area contributed by atoms with Gasteiger partial charge in [-0.3, -0.25) is 9.36 Å². The van der Waals surface area contributed by atoms with E-state index in [4.69, 9.17) is 22.4 Å². The average Bonchev–Trinajstić information content (AvgIpc) is 3.35. The molecule has 1 fully saturated rings. The van der Waals surface area contributed by atoms with E-state index in [9.17, 15) is 4.79 Å². The number of hydrogen-bond donors (Lipinski definition) is 1. The maximum absolute atomic E-state index is 13.5. The normalized spacial score (nSPS) is 16.2. The molecule has 0 aliphatic carbocycles. The predicted octanol–water partition coefficient (Wildman–Crippen LogP) is 2.71. The molecule has 1 aromatic carbocycles. The molecule has 1 saturated heterocycles. The highest BCUT2D eigenvalue weighted by Gasteiger charge is 2.36. The van der Waals surface area contributed by atoms with Gasteiger partial charge in [0.05, 0.1) is 22.9 Å². The van der Waals surface area contributed by atoms with E-state index in [0.29, 0.717) is 27.8 Å². The molecule has 6 rings (SSSR count). The molecule has 0 spiro atoms. The largest absolute Gasteiger partial charge is 0.384 e. The fourth-order valence-corrected chi connectivity index (χ4v) is 4.36. The average molecular weight is 433 g/mol. The summed E-state index contributed by atoms with van der Waals surface area (Å²) in [4.78, 5) is 20.0. The van der Waals surface area contributed by atoms with Gasteiger partial charge in [-0.1, -0.05) is 29.8 Å². The van der Waals surface area contributed by atoms with Gasteiger partial charge in [0.15, 0.2) is 11.5 Å². The molecule has 1 aliphatic rings. The first kappa shape index (κ1) is 18.0. The lowest BCUT2D eigenvalue weighted by Gasteiger charge is -2.42. The molecule has 1 unspecified atom stereocenters. The Labute approximate surface area is 180 Å². The lowest BCUT2D eigenvalue weighted by atomic mass is 10.0. The number of fused-ring (bicyclic) bond motifs is 2. The Bertz CT molecular complexity index is 1500. The molecule has 0 amide bonds. The van der Waals surface area contributed by atoms with Crippen molar-refractivity contribution in [2.75, 3.05) is 17.2 Å². The Kier molecular flexibility index (Phi) is 3.81. The quantitative estimate of drug-likeness (QED) is 0.470. The number of nitrogens with zero attached hydrogens (tertiary/aromatic N) is 7. The van der Waals surface area contributed by atoms with Crippen molar-refractivity contribution in [1.82, 2.24) is 28.8 Å². The minimum atomic E-state index is -0.212. The van der Waals surface area contributed by atoms with Crippen LogP contribution in [-0.4, -0.2) is 35.3 Å². The number of nitrogens with two attached hydrogens (primary N) is 1. The van der Waals surface area contributed by atoms with Crippen LogP contribution in [0.3, 0.4) is 0 Å². The highest BCUT2D eigenvalue weighted by atomic mass is 35.5. The van der Waals surface area contributed by atoms with Crippen molar-refractivity contribution in [2.24, 2.45) is 0 Å². The molecule has 1 atom stereocenters. The van der Waals surface area contributed by atoms with Gasteiger partial charge in [0.1, 0.15) is 17.2 Å². The molecular weight excluding hydrogens is 416 g/mol. The van der Waals surface area contributed by atoms with Crippen molar-refractivity contribution in [3.8, 4) is 5.69 Å². The van der Waals surface area contributed by atoms with Gasteiger partial charge in [-0.15, -0.1) is 0 Å². The molecule has 154 valence electrons. The number of para-hydroxylation sites is 1. The van der Waals surface area contributed by atoms with Crippen LogP contribution in [0.25, 0.3) is 16.9 Å². The summed E-state index contributed by atoms with van der Waals surface area (Å²) < 4.78 is 4.95. The standard InChI is InChI=1S/C21H17ClN8O/c22-14-7-11-28-19(14)21(31)29(13-4-2-1-3-5-13)20(26-28)15-8-10-27(15)18-12-16(23)25-17-6-9-24-30(17)18/h1-7,9,11-12,15H,8,10H2,(H2,23,25). The summed E-state index contributed by atoms with van der Waals surface area (Å²) in [5, 5.41) is 9.56. The van der Waals surface area contributed by atoms with Crippen molar-refractivity contribution in [2.45, 2.75) is 12.5 Å². The van der Waals surface area contributed by atoms with Crippen molar-refractivity contribution in [1.29, 1.82) is 0 Å². The molecule has 9 nitrogen and oxygen atoms in total. The third-order valence-corrected chi connectivity index (χ3v) is 5.95. The topological polar surface area (TPSA) is 98.8 Å². The van der Waals surface area contributed by atoms with Gasteiger partial charge in [-0.05, 0) is 24.6 Å². The zero-order valence-corrected chi connectivity index (χ0v) is 17.0. The molecular formula is C21H17ClN8O. The molecule has 2 N–H and O–H groups in total. The number of aromatic nitrogens is 6. The summed E-state index contributed by atoms with van der Waals surface area (Å²) in [5.41, 5.74) is 7.58. The summed E-state index contributed by atoms with van der Waals surface area (Å²) in [5.74, 6) is 1.84. The lowest BCUT2D eigenvalue weighted by Crippen LogP contribution is -2.45. The van der Waals surface area contributed by atoms with Crippen LogP contribution >= 0.6 is 11.6 Å². The van der Waals surface area contributed by atoms with E-state index in [2.05, 4.69) is 15.0 Å². The van der Waals surface area contributed by atoms with Crippen LogP contribution in [0.1, 0.15) is 18.3 Å². The van der Waals surface area contributed by atoms with Crippen molar-refractivity contribution in [3.05, 3.63) is 82.1 Å². The molecule has 1 aliphatic heterocycles. The monoisotopic (exact) mass is 432 g/mol. The second kappa shape index (κ2) is 6.58. The number of anilines is 2. The van der Waals surface area contributed by atoms with E-state index in [1.165, 1.54) is 0 Å². The van der Waals surface area contributed by atoms with Crippen LogP contribution in [0.4, 0.5) is 11.6 Å². The van der Waals surface area contributed by atoms with Crippen molar-refractivity contribution < 1.29 is 0 Å². The summed E-state index contributed by atoms with van der Waals surface area (Å²) in [6.45, 7) is 0.776. The summed E-state index contributed by atoms with van der Waals surface area (Å²) in [6, 6.07) is 14.6. The van der Waals surface area contributed by atoms with Crippen molar-refractivity contribution in [3.63, 3.8) is 0 Å². The van der Waals surface area contributed by atoms with E-state index in [1.807, 2.05) is 30.3 Å². The van der Waals surface area contributed by atoms with Gasteiger partial charge in [0.2, 0.25) is 0 Å². The molecule has 10 heteroatoms. The minimum absolute atomic E-state index is 0.146. The van der Waals surface area contributed by atoms with E-state index in [1.54, 1.807) is 44.2 Å². The van der Waals surface area contributed by atoms with Crippen LogP contribution in [0.5, 0.6) is 0 Å². The highest BCUT2D eigenvalue weighted by molar-refractivity contribution is 6.33. The molecule has 4 aromatic heterocycles. The second-order valence-electron chi connectivity index (χ2n) is 7.43. The van der Waals surface area contributed by atoms with E-state index in [-0.39, 0.29) is 11.6 Å². The van der Waals surface area contributed by atoms with E-state index >= 15 is 0 Å². The first-order valence-electron chi connectivity index (χ1n) is 9.84. The number of nitrogen functional groups attached to an aromatic ring is 1. The van der Waals surface area contributed by atoms with Crippen LogP contribution in [-0.2, 0) is 0 Å². The third kappa shape index (κ3) is 2.63. The van der Waals surface area contributed by atoms with Gasteiger partial charge in [-0.2, -0.15) is 14.7 Å². The number of rotatable bonds is 3. The Balaban J connectivity index is 1.58. The van der Waals surface area contributed by atoms with Crippen LogP contribution < -0.4 is 16.2 Å². The first-order valence-corrected chi connectivity index (χ1v) is 10.2. The van der Waals surface area contributed by atoms with Gasteiger partial charge in [-0.25, -0.2) is 9.50 Å². The van der Waals surface area contributed by atoms with E-state index in [0.717, 1.165) is 24.5 Å². The fourth-order valence-electron chi connectivity index (χ4n) is 4.14. The van der Waals surface area contributed by atoms with Crippen LogP contribution in [0.2, 0.25) is 5.02 Å². The Hall–Kier alpha value is -3.85. The van der Waals surface area contributed by atoms with E-state index < -0.39 is 0 Å².